The molecule has 1 aliphatic heterocycles. The van der Waals surface area contributed by atoms with Crippen LogP contribution in [0.15, 0.2) is 5.38 Å². The van der Waals surface area contributed by atoms with E-state index >= 15 is 0 Å². The van der Waals surface area contributed by atoms with E-state index in [9.17, 15) is 4.79 Å². The van der Waals surface area contributed by atoms with Crippen molar-refractivity contribution in [3.63, 3.8) is 0 Å². The van der Waals surface area contributed by atoms with Crippen LogP contribution in [0.3, 0.4) is 0 Å². The molecule has 1 aromatic heterocycles. The summed E-state index contributed by atoms with van der Waals surface area (Å²) in [4.78, 5) is 18.6. The number of likely N-dealkylation sites (tertiary alicyclic amines) is 1. The van der Waals surface area contributed by atoms with Gasteiger partial charge in [0.1, 0.15) is 11.0 Å². The Morgan fingerprint density at radius 1 is 1.58 bits per heavy atom. The maximum absolute atomic E-state index is 11.7. The minimum Gasteiger partial charge on any atom is -0.468 e. The summed E-state index contributed by atoms with van der Waals surface area (Å²) in [6.07, 6.45) is 1.95. The summed E-state index contributed by atoms with van der Waals surface area (Å²) in [6.45, 7) is 8.20. The monoisotopic (exact) mass is 282 g/mol. The molecule has 2 heterocycles. The summed E-state index contributed by atoms with van der Waals surface area (Å²) in [6, 6.07) is -0.0908. The average Bonchev–Trinajstić information content (AvgIpc) is 2.97. The molecule has 2 rings (SSSR count). The Kier molecular flexibility index (Phi) is 4.26. The predicted octanol–water partition coefficient (Wildman–Crippen LogP) is 2.58. The number of rotatable bonds is 3. The third kappa shape index (κ3) is 3.34. The minimum atomic E-state index is -0.120. The fourth-order valence-electron chi connectivity index (χ4n) is 2.32. The first-order valence-electron chi connectivity index (χ1n) is 6.68. The van der Waals surface area contributed by atoms with Crippen molar-refractivity contribution in [1.29, 1.82) is 0 Å². The van der Waals surface area contributed by atoms with Gasteiger partial charge < -0.3 is 4.74 Å². The Hall–Kier alpha value is -0.940. The van der Waals surface area contributed by atoms with Gasteiger partial charge >= 0.3 is 5.97 Å². The maximum atomic E-state index is 11.7. The van der Waals surface area contributed by atoms with Crippen molar-refractivity contribution in [3.8, 4) is 0 Å². The number of aromatic nitrogens is 1. The largest absolute Gasteiger partial charge is 0.468 e. The highest BCUT2D eigenvalue weighted by atomic mass is 32.1. The second-order valence-electron chi connectivity index (χ2n) is 6.03. The maximum Gasteiger partial charge on any atom is 0.323 e. The number of esters is 1. The van der Waals surface area contributed by atoms with E-state index in [1.807, 2.05) is 0 Å². The standard InChI is InChI=1S/C14H22N2O2S/c1-14(2,3)11-9-19-12(15-11)8-16-7-5-6-10(16)13(17)18-4/h9-10H,5-8H2,1-4H3. The van der Waals surface area contributed by atoms with Crippen molar-refractivity contribution >= 4 is 17.3 Å². The number of hydrogen-bond donors (Lipinski definition) is 0. The van der Waals surface area contributed by atoms with E-state index in [0.29, 0.717) is 0 Å². The lowest BCUT2D eigenvalue weighted by Gasteiger charge is -2.21. The van der Waals surface area contributed by atoms with Gasteiger partial charge in [-0.05, 0) is 19.4 Å². The van der Waals surface area contributed by atoms with E-state index in [0.717, 1.165) is 36.6 Å². The topological polar surface area (TPSA) is 42.4 Å². The van der Waals surface area contributed by atoms with Crippen molar-refractivity contribution in [3.05, 3.63) is 16.1 Å². The number of carbonyl (C=O) groups is 1. The Balaban J connectivity index is 2.04. The smallest absolute Gasteiger partial charge is 0.323 e. The van der Waals surface area contributed by atoms with Gasteiger partial charge in [-0.15, -0.1) is 11.3 Å². The third-order valence-corrected chi connectivity index (χ3v) is 4.33. The van der Waals surface area contributed by atoms with Crippen LogP contribution < -0.4 is 0 Å². The first kappa shape index (κ1) is 14.5. The summed E-state index contributed by atoms with van der Waals surface area (Å²) in [5.41, 5.74) is 1.21. The minimum absolute atomic E-state index is 0.0848. The molecule has 0 aliphatic carbocycles. The summed E-state index contributed by atoms with van der Waals surface area (Å²) < 4.78 is 4.86. The number of methoxy groups -OCH3 is 1. The van der Waals surface area contributed by atoms with Gasteiger partial charge in [-0.1, -0.05) is 20.8 Å². The van der Waals surface area contributed by atoms with Gasteiger partial charge in [-0.3, -0.25) is 9.69 Å². The normalized spacial score (nSPS) is 20.7. The molecule has 0 N–H and O–H groups in total. The number of ether oxygens (including phenoxy) is 1. The van der Waals surface area contributed by atoms with Crippen LogP contribution in [-0.2, 0) is 21.5 Å². The molecule has 0 aromatic carbocycles. The zero-order valence-corrected chi connectivity index (χ0v) is 12.9. The van der Waals surface area contributed by atoms with Crippen LogP contribution in [0.4, 0.5) is 0 Å². The Bertz CT molecular complexity index is 451. The molecule has 0 spiro atoms. The van der Waals surface area contributed by atoms with E-state index in [-0.39, 0.29) is 17.4 Å². The summed E-state index contributed by atoms with van der Waals surface area (Å²) in [5.74, 6) is -0.120. The highest BCUT2D eigenvalue weighted by molar-refractivity contribution is 7.09. The van der Waals surface area contributed by atoms with Crippen LogP contribution in [0.5, 0.6) is 0 Å². The molecular weight excluding hydrogens is 260 g/mol. The number of nitrogens with zero attached hydrogens (tertiary/aromatic N) is 2. The van der Waals surface area contributed by atoms with Crippen LogP contribution >= 0.6 is 11.3 Å². The van der Waals surface area contributed by atoms with E-state index in [2.05, 4.69) is 36.0 Å². The molecule has 19 heavy (non-hydrogen) atoms. The first-order valence-corrected chi connectivity index (χ1v) is 7.56. The molecule has 5 heteroatoms. The summed E-state index contributed by atoms with van der Waals surface area (Å²) >= 11 is 1.68. The highest BCUT2D eigenvalue weighted by Crippen LogP contribution is 2.26. The van der Waals surface area contributed by atoms with E-state index in [1.54, 1.807) is 11.3 Å². The third-order valence-electron chi connectivity index (χ3n) is 3.50. The Morgan fingerprint density at radius 3 is 2.89 bits per heavy atom. The molecule has 106 valence electrons. The Labute approximate surface area is 118 Å². The molecule has 1 aromatic rings. The van der Waals surface area contributed by atoms with Gasteiger partial charge in [-0.25, -0.2) is 4.98 Å². The molecule has 0 saturated carbocycles. The second kappa shape index (κ2) is 5.59. The van der Waals surface area contributed by atoms with Gasteiger partial charge in [0.25, 0.3) is 0 Å². The first-order chi connectivity index (χ1) is 8.91. The molecule has 0 amide bonds. The van der Waals surface area contributed by atoms with Crippen molar-refractivity contribution in [2.24, 2.45) is 0 Å². The van der Waals surface area contributed by atoms with Gasteiger partial charge in [-0.2, -0.15) is 0 Å². The zero-order valence-electron chi connectivity index (χ0n) is 12.1. The zero-order chi connectivity index (χ0) is 14.0. The number of thiazole rings is 1. The number of hydrogen-bond acceptors (Lipinski definition) is 5. The van der Waals surface area contributed by atoms with Crippen LogP contribution in [0.1, 0.15) is 44.3 Å². The second-order valence-corrected chi connectivity index (χ2v) is 6.97. The van der Waals surface area contributed by atoms with Crippen molar-refractivity contribution < 1.29 is 9.53 Å². The molecule has 0 bridgehead atoms. The molecule has 0 radical (unpaired) electrons. The molecule has 1 fully saturated rings. The highest BCUT2D eigenvalue weighted by Gasteiger charge is 2.32. The fourth-order valence-corrected chi connectivity index (χ4v) is 3.37. The van der Waals surface area contributed by atoms with Crippen molar-refractivity contribution in [1.82, 2.24) is 9.88 Å². The van der Waals surface area contributed by atoms with Crippen LogP contribution in [0, 0.1) is 0 Å². The van der Waals surface area contributed by atoms with Gasteiger partial charge in [0.05, 0.1) is 19.3 Å². The molecular formula is C14H22N2O2S. The fraction of sp³-hybridized carbons (Fsp3) is 0.714. The van der Waals surface area contributed by atoms with E-state index in [4.69, 9.17) is 4.74 Å². The van der Waals surface area contributed by atoms with Crippen molar-refractivity contribution in [2.75, 3.05) is 13.7 Å². The Morgan fingerprint density at radius 2 is 2.32 bits per heavy atom. The quantitative estimate of drug-likeness (QED) is 0.799. The van der Waals surface area contributed by atoms with Crippen molar-refractivity contribution in [2.45, 2.75) is 51.6 Å². The van der Waals surface area contributed by atoms with E-state index in [1.165, 1.54) is 7.11 Å². The predicted molar refractivity (Wildman–Crippen MR) is 76.3 cm³/mol. The van der Waals surface area contributed by atoms with Crippen LogP contribution in [-0.4, -0.2) is 35.5 Å². The van der Waals surface area contributed by atoms with Crippen LogP contribution in [0.2, 0.25) is 0 Å². The lowest BCUT2D eigenvalue weighted by molar-refractivity contribution is -0.146. The molecule has 1 atom stereocenters. The van der Waals surface area contributed by atoms with E-state index < -0.39 is 0 Å². The summed E-state index contributed by atoms with van der Waals surface area (Å²) in [5, 5.41) is 3.21. The molecule has 4 nitrogen and oxygen atoms in total. The van der Waals surface area contributed by atoms with Gasteiger partial charge in [0.2, 0.25) is 0 Å². The van der Waals surface area contributed by atoms with Crippen LogP contribution in [0.25, 0.3) is 0 Å². The summed E-state index contributed by atoms with van der Waals surface area (Å²) in [7, 11) is 1.46. The molecule has 1 unspecified atom stereocenters. The molecule has 1 saturated heterocycles. The SMILES string of the molecule is COC(=O)C1CCCN1Cc1nc(C(C)(C)C)cs1. The number of carbonyl (C=O) groups excluding carboxylic acids is 1. The van der Waals surface area contributed by atoms with Gasteiger partial charge in [0, 0.05) is 10.8 Å². The van der Waals surface area contributed by atoms with Gasteiger partial charge in [0.15, 0.2) is 0 Å². The lowest BCUT2D eigenvalue weighted by atomic mass is 9.93. The molecule has 1 aliphatic rings. The average molecular weight is 282 g/mol. The lowest BCUT2D eigenvalue weighted by Crippen LogP contribution is -2.36.